The van der Waals surface area contributed by atoms with Gasteiger partial charge in [-0.25, -0.2) is 9.79 Å². The van der Waals surface area contributed by atoms with E-state index in [1.54, 1.807) is 47.4 Å². The number of benzene rings is 3. The maximum atomic E-state index is 12.8. The molecule has 0 saturated heterocycles. The largest absolute Gasteiger partial charge is 0.423 e. The number of carbonyl (C=O) groups is 2. The number of halogens is 1. The summed E-state index contributed by atoms with van der Waals surface area (Å²) in [5.74, 6) is -0.428. The Morgan fingerprint density at radius 1 is 1.00 bits per heavy atom. The molecule has 9 heteroatoms. The van der Waals surface area contributed by atoms with Gasteiger partial charge in [-0.05, 0) is 53.9 Å². The topological polar surface area (TPSA) is 131 Å². The van der Waals surface area contributed by atoms with E-state index in [0.29, 0.717) is 29.2 Å². The normalized spacial score (nSPS) is 10.5. The molecule has 182 valence electrons. The standard InChI is InChI=1S/C26H27ClN4O4/c27-23-16-22(35-25(34)20-6-10-21(11-7-20)30-26(28)29)12-8-19(23)9-13-24(33)31(14-15-32)17-18-4-2-1-3-5-18/h1-8,10-12,16,32H,9,13-15,17H2,(H4,28,29,30). The van der Waals surface area contributed by atoms with Gasteiger partial charge in [-0.2, -0.15) is 0 Å². The SMILES string of the molecule is NC(N)=Nc1ccc(C(=O)Oc2ccc(CCC(=O)N(CCO)Cc3ccccc3)c(Cl)c2)cc1. The number of nitrogens with two attached hydrogens (primary N) is 2. The first-order valence-electron chi connectivity index (χ1n) is 11.0. The lowest BCUT2D eigenvalue weighted by Crippen LogP contribution is -2.33. The molecule has 35 heavy (non-hydrogen) atoms. The molecule has 0 aromatic heterocycles. The highest BCUT2D eigenvalue weighted by Gasteiger charge is 2.15. The molecule has 0 bridgehead atoms. The molecule has 3 rings (SSSR count). The average Bonchev–Trinajstić information content (AvgIpc) is 2.84. The first-order valence-corrected chi connectivity index (χ1v) is 11.4. The van der Waals surface area contributed by atoms with E-state index in [0.717, 1.165) is 11.1 Å². The van der Waals surface area contributed by atoms with Crippen LogP contribution in [0.25, 0.3) is 0 Å². The summed E-state index contributed by atoms with van der Waals surface area (Å²) in [6, 6.07) is 20.8. The number of aliphatic hydroxyl groups is 1. The van der Waals surface area contributed by atoms with Crippen LogP contribution in [-0.2, 0) is 17.8 Å². The Labute approximate surface area is 208 Å². The van der Waals surface area contributed by atoms with Crippen molar-refractivity contribution in [3.8, 4) is 5.75 Å². The van der Waals surface area contributed by atoms with E-state index in [2.05, 4.69) is 4.99 Å². The van der Waals surface area contributed by atoms with E-state index in [-0.39, 0.29) is 37.2 Å². The number of hydrogen-bond acceptors (Lipinski definition) is 5. The van der Waals surface area contributed by atoms with Crippen molar-refractivity contribution in [2.45, 2.75) is 19.4 Å². The predicted octanol–water partition coefficient (Wildman–Crippen LogP) is 3.42. The van der Waals surface area contributed by atoms with Gasteiger partial charge in [-0.3, -0.25) is 4.79 Å². The fourth-order valence-corrected chi connectivity index (χ4v) is 3.66. The molecule has 0 heterocycles. The van der Waals surface area contributed by atoms with Crippen molar-refractivity contribution in [1.82, 2.24) is 4.90 Å². The number of carbonyl (C=O) groups excluding carboxylic acids is 2. The molecule has 0 aliphatic heterocycles. The van der Waals surface area contributed by atoms with Crippen molar-refractivity contribution >= 4 is 35.1 Å². The van der Waals surface area contributed by atoms with Crippen LogP contribution < -0.4 is 16.2 Å². The Bertz CT molecular complexity index is 1180. The fraction of sp³-hybridized carbons (Fsp3) is 0.192. The Morgan fingerprint density at radius 3 is 2.34 bits per heavy atom. The third-order valence-corrected chi connectivity index (χ3v) is 5.50. The van der Waals surface area contributed by atoms with Gasteiger partial charge >= 0.3 is 5.97 Å². The minimum Gasteiger partial charge on any atom is -0.423 e. The van der Waals surface area contributed by atoms with E-state index >= 15 is 0 Å². The number of ether oxygens (including phenoxy) is 1. The molecule has 0 atom stereocenters. The molecule has 0 fully saturated rings. The van der Waals surface area contributed by atoms with Crippen LogP contribution in [0.15, 0.2) is 77.8 Å². The summed E-state index contributed by atoms with van der Waals surface area (Å²) in [7, 11) is 0. The van der Waals surface area contributed by atoms with Crippen molar-refractivity contribution in [2.75, 3.05) is 13.2 Å². The minimum absolute atomic E-state index is 0.0749. The quantitative estimate of drug-likeness (QED) is 0.171. The third-order valence-electron chi connectivity index (χ3n) is 5.14. The number of aliphatic imine (C=N–C) groups is 1. The molecule has 0 unspecified atom stereocenters. The van der Waals surface area contributed by atoms with Crippen LogP contribution >= 0.6 is 11.6 Å². The molecule has 8 nitrogen and oxygen atoms in total. The van der Waals surface area contributed by atoms with Crippen LogP contribution in [0.4, 0.5) is 5.69 Å². The lowest BCUT2D eigenvalue weighted by molar-refractivity contribution is -0.132. The first-order chi connectivity index (χ1) is 16.9. The number of guanidine groups is 1. The van der Waals surface area contributed by atoms with Gasteiger partial charge in [0.05, 0.1) is 17.9 Å². The molecule has 5 N–H and O–H groups in total. The summed E-state index contributed by atoms with van der Waals surface area (Å²) in [6.45, 7) is 0.565. The van der Waals surface area contributed by atoms with E-state index in [9.17, 15) is 14.7 Å². The zero-order valence-electron chi connectivity index (χ0n) is 19.1. The molecule has 3 aromatic carbocycles. The van der Waals surface area contributed by atoms with Crippen molar-refractivity contribution in [3.05, 3.63) is 94.5 Å². The van der Waals surface area contributed by atoms with Gasteiger partial charge in [0.1, 0.15) is 5.75 Å². The maximum Gasteiger partial charge on any atom is 0.343 e. The number of aliphatic hydroxyl groups excluding tert-OH is 1. The fourth-order valence-electron chi connectivity index (χ4n) is 3.40. The van der Waals surface area contributed by atoms with E-state index in [1.807, 2.05) is 30.3 Å². The van der Waals surface area contributed by atoms with Gasteiger partial charge in [0.25, 0.3) is 0 Å². The molecular weight excluding hydrogens is 468 g/mol. The first kappa shape index (κ1) is 25.7. The number of amides is 1. The van der Waals surface area contributed by atoms with Crippen LogP contribution in [0.1, 0.15) is 27.9 Å². The second kappa shape index (κ2) is 12.5. The van der Waals surface area contributed by atoms with Gasteiger partial charge in [-0.1, -0.05) is 48.0 Å². The second-order valence-electron chi connectivity index (χ2n) is 7.75. The number of nitrogens with zero attached hydrogens (tertiary/aromatic N) is 2. The molecule has 0 aliphatic rings. The van der Waals surface area contributed by atoms with Gasteiger partial charge in [-0.15, -0.1) is 0 Å². The van der Waals surface area contributed by atoms with Crippen LogP contribution in [0.2, 0.25) is 5.02 Å². The summed E-state index contributed by atoms with van der Waals surface area (Å²) in [6.07, 6.45) is 0.642. The van der Waals surface area contributed by atoms with Crippen molar-refractivity contribution in [3.63, 3.8) is 0 Å². The van der Waals surface area contributed by atoms with Crippen molar-refractivity contribution < 1.29 is 19.4 Å². The Balaban J connectivity index is 1.58. The van der Waals surface area contributed by atoms with Crippen LogP contribution in [0.5, 0.6) is 5.75 Å². The zero-order valence-corrected chi connectivity index (χ0v) is 19.8. The van der Waals surface area contributed by atoms with E-state index in [1.165, 1.54) is 0 Å². The summed E-state index contributed by atoms with van der Waals surface area (Å²) in [5.41, 5.74) is 13.3. The third kappa shape index (κ3) is 7.84. The predicted molar refractivity (Wildman–Crippen MR) is 136 cm³/mol. The van der Waals surface area contributed by atoms with Crippen molar-refractivity contribution in [2.24, 2.45) is 16.5 Å². The average molecular weight is 495 g/mol. The number of aryl methyl sites for hydroxylation is 1. The Morgan fingerprint density at radius 2 is 1.71 bits per heavy atom. The maximum absolute atomic E-state index is 12.8. The number of esters is 1. The Hall–Kier alpha value is -3.88. The summed E-state index contributed by atoms with van der Waals surface area (Å²) in [4.78, 5) is 30.7. The molecule has 3 aromatic rings. The van der Waals surface area contributed by atoms with Gasteiger partial charge in [0.15, 0.2) is 5.96 Å². The molecule has 1 amide bonds. The van der Waals surface area contributed by atoms with Crippen LogP contribution in [-0.4, -0.2) is 41.0 Å². The monoisotopic (exact) mass is 494 g/mol. The van der Waals surface area contributed by atoms with Crippen LogP contribution in [0.3, 0.4) is 0 Å². The summed E-state index contributed by atoms with van der Waals surface area (Å²) >= 11 is 6.39. The van der Waals surface area contributed by atoms with Gasteiger partial charge in [0.2, 0.25) is 5.91 Å². The molecule has 0 aliphatic carbocycles. The van der Waals surface area contributed by atoms with Gasteiger partial charge < -0.3 is 26.2 Å². The van der Waals surface area contributed by atoms with E-state index < -0.39 is 5.97 Å². The minimum atomic E-state index is -0.555. The number of rotatable bonds is 10. The molecular formula is C26H27ClN4O4. The molecule has 0 saturated carbocycles. The Kier molecular flexibility index (Phi) is 9.23. The van der Waals surface area contributed by atoms with Gasteiger partial charge in [0, 0.05) is 24.5 Å². The highest BCUT2D eigenvalue weighted by molar-refractivity contribution is 6.31. The highest BCUT2D eigenvalue weighted by Crippen LogP contribution is 2.25. The van der Waals surface area contributed by atoms with Crippen LogP contribution in [0, 0.1) is 0 Å². The smallest absolute Gasteiger partial charge is 0.343 e. The summed E-state index contributed by atoms with van der Waals surface area (Å²) in [5, 5.41) is 9.75. The lowest BCUT2D eigenvalue weighted by atomic mass is 10.1. The van der Waals surface area contributed by atoms with Crippen molar-refractivity contribution in [1.29, 1.82) is 0 Å². The molecule has 0 spiro atoms. The van der Waals surface area contributed by atoms with E-state index in [4.69, 9.17) is 27.8 Å². The highest BCUT2D eigenvalue weighted by atomic mass is 35.5. The zero-order chi connectivity index (χ0) is 25.2. The summed E-state index contributed by atoms with van der Waals surface area (Å²) < 4.78 is 5.41. The lowest BCUT2D eigenvalue weighted by Gasteiger charge is -2.22. The second-order valence-corrected chi connectivity index (χ2v) is 8.16. The number of hydrogen-bond donors (Lipinski definition) is 3. The molecule has 0 radical (unpaired) electrons.